The Morgan fingerprint density at radius 1 is 0.750 bits per heavy atom. The Bertz CT molecular complexity index is 1300. The minimum absolute atomic E-state index is 0.228. The molecule has 0 saturated carbocycles. The number of benzene rings is 2. The van der Waals surface area contributed by atoms with Gasteiger partial charge in [0.2, 0.25) is 6.29 Å². The Labute approximate surface area is 270 Å². The van der Waals surface area contributed by atoms with Crippen LogP contribution in [0.1, 0.15) is 30.4 Å². The molecule has 0 aliphatic carbocycles. The summed E-state index contributed by atoms with van der Waals surface area (Å²) in [6.45, 7) is 0. The number of carboxylic acids is 3. The average Bonchev–Trinajstić information content (AvgIpc) is 2.98. The summed E-state index contributed by atoms with van der Waals surface area (Å²) in [5, 5.41) is 38.5. The quantitative estimate of drug-likeness (QED) is 0.166. The normalized spacial score (nSPS) is 20.8. The second-order valence-corrected chi connectivity index (χ2v) is 10.7. The van der Waals surface area contributed by atoms with Crippen molar-refractivity contribution in [3.63, 3.8) is 0 Å². The molecular formula is C29H34Br2O13. The molecule has 0 radical (unpaired) electrons. The summed E-state index contributed by atoms with van der Waals surface area (Å²) < 4.78 is 26.7. The smallest absolute Gasteiger partial charge is 0.335 e. The molecule has 1 aliphatic rings. The summed E-state index contributed by atoms with van der Waals surface area (Å²) >= 11 is 6.64. The molecule has 1 aliphatic heterocycles. The second kappa shape index (κ2) is 17.7. The number of aliphatic carboxylic acids is 3. The number of hydrogen-bond acceptors (Lipinski definition) is 10. The standard InChI is InChI=1S/C21H25BrO11.C8H9BrO2/c1-30-15-5-11(4-3-10(15)9-22)32-21-14(8-18(27)28)12(6-16(23)24)13(7-17(25)26)19(33-21)20(29)31-2;1-11-8-4-7(10)3-2-6(8)5-9/h3-5,12-14,19,21H,6-9H2,1-2H3,(H,23,24)(H,25,26)(H,27,28);2-4,10H,5H2,1H3/t12-,13-,14+,19-,21+;/m0./s1. The van der Waals surface area contributed by atoms with Gasteiger partial charge in [0.25, 0.3) is 0 Å². The van der Waals surface area contributed by atoms with Crippen LogP contribution in [-0.2, 0) is 39.3 Å². The minimum Gasteiger partial charge on any atom is -0.508 e. The first kappa shape index (κ1) is 36.6. The highest BCUT2D eigenvalue weighted by atomic mass is 79.9. The number of aromatic hydroxyl groups is 1. The Balaban J connectivity index is 0.000000514. The molecule has 5 atom stereocenters. The van der Waals surface area contributed by atoms with Gasteiger partial charge in [0.1, 0.15) is 23.0 Å². The van der Waals surface area contributed by atoms with Gasteiger partial charge in [0.15, 0.2) is 6.10 Å². The number of rotatable bonds is 13. The minimum atomic E-state index is -1.46. The lowest BCUT2D eigenvalue weighted by Crippen LogP contribution is -2.54. The van der Waals surface area contributed by atoms with Crippen molar-refractivity contribution in [1.82, 2.24) is 0 Å². The van der Waals surface area contributed by atoms with Crippen LogP contribution in [0.3, 0.4) is 0 Å². The van der Waals surface area contributed by atoms with Gasteiger partial charge in [-0.3, -0.25) is 14.4 Å². The number of alkyl halides is 2. The number of hydrogen-bond donors (Lipinski definition) is 4. The second-order valence-electron chi connectivity index (χ2n) is 9.59. The first-order chi connectivity index (χ1) is 20.9. The average molecular weight is 750 g/mol. The number of carbonyl (C=O) groups excluding carboxylic acids is 1. The molecule has 4 N–H and O–H groups in total. The SMILES string of the molecule is COC(=O)[C@H]1O[C@@H](Oc2ccc(CBr)c(OC)c2)[C@H](CC(=O)O)[C@@H](CC(=O)O)[C@@H]1CC(=O)O.COc1cc(O)ccc1CBr. The summed E-state index contributed by atoms with van der Waals surface area (Å²) in [5.41, 5.74) is 1.85. The summed E-state index contributed by atoms with van der Waals surface area (Å²) in [6, 6.07) is 9.89. The maximum atomic E-state index is 12.4. The molecule has 13 nitrogen and oxygen atoms in total. The van der Waals surface area contributed by atoms with Crippen LogP contribution in [0.2, 0.25) is 0 Å². The van der Waals surface area contributed by atoms with Gasteiger partial charge < -0.3 is 44.1 Å². The predicted octanol–water partition coefficient (Wildman–Crippen LogP) is 4.44. The molecule has 1 heterocycles. The summed E-state index contributed by atoms with van der Waals surface area (Å²) in [5.74, 6) is -6.36. The Hall–Kier alpha value is -3.56. The van der Waals surface area contributed by atoms with Crippen molar-refractivity contribution in [1.29, 1.82) is 0 Å². The zero-order valence-corrected chi connectivity index (χ0v) is 27.3. The van der Waals surface area contributed by atoms with E-state index in [4.69, 9.17) is 28.8 Å². The van der Waals surface area contributed by atoms with E-state index in [9.17, 15) is 34.5 Å². The number of carboxylic acid groups (broad SMARTS) is 3. The summed E-state index contributed by atoms with van der Waals surface area (Å²) in [4.78, 5) is 47.1. The lowest BCUT2D eigenvalue weighted by Gasteiger charge is -2.44. The highest BCUT2D eigenvalue weighted by Crippen LogP contribution is 2.43. The largest absolute Gasteiger partial charge is 0.508 e. The van der Waals surface area contributed by atoms with Crippen molar-refractivity contribution in [2.75, 3.05) is 21.3 Å². The number of halogens is 2. The van der Waals surface area contributed by atoms with Gasteiger partial charge in [-0.15, -0.1) is 0 Å². The first-order valence-electron chi connectivity index (χ1n) is 13.1. The number of phenols is 1. The van der Waals surface area contributed by atoms with Crippen LogP contribution < -0.4 is 14.2 Å². The number of phenolic OH excluding ortho intramolecular Hbond substituents is 1. The van der Waals surface area contributed by atoms with Gasteiger partial charge in [0.05, 0.1) is 34.2 Å². The van der Waals surface area contributed by atoms with Crippen molar-refractivity contribution in [3.05, 3.63) is 47.5 Å². The van der Waals surface area contributed by atoms with Gasteiger partial charge in [-0.2, -0.15) is 0 Å². The zero-order valence-electron chi connectivity index (χ0n) is 24.1. The van der Waals surface area contributed by atoms with Crippen LogP contribution in [0, 0.1) is 17.8 Å². The van der Waals surface area contributed by atoms with E-state index in [2.05, 4.69) is 31.9 Å². The molecule has 0 spiro atoms. The van der Waals surface area contributed by atoms with Gasteiger partial charge >= 0.3 is 23.9 Å². The van der Waals surface area contributed by atoms with Crippen molar-refractivity contribution in [3.8, 4) is 23.0 Å². The molecule has 242 valence electrons. The lowest BCUT2D eigenvalue weighted by molar-refractivity contribution is -0.233. The molecule has 0 bridgehead atoms. The summed E-state index contributed by atoms with van der Waals surface area (Å²) in [6.07, 6.45) is -4.59. The van der Waals surface area contributed by atoms with Crippen molar-refractivity contribution >= 4 is 55.7 Å². The van der Waals surface area contributed by atoms with Gasteiger partial charge in [-0.25, -0.2) is 4.79 Å². The third-order valence-corrected chi connectivity index (χ3v) is 8.06. The fraction of sp³-hybridized carbons (Fsp3) is 0.448. The van der Waals surface area contributed by atoms with E-state index in [1.165, 1.54) is 7.11 Å². The van der Waals surface area contributed by atoms with E-state index in [1.807, 2.05) is 6.07 Å². The monoisotopic (exact) mass is 748 g/mol. The fourth-order valence-corrected chi connectivity index (χ4v) is 5.78. The van der Waals surface area contributed by atoms with E-state index in [1.54, 1.807) is 37.4 Å². The van der Waals surface area contributed by atoms with Crippen LogP contribution in [0.15, 0.2) is 36.4 Å². The van der Waals surface area contributed by atoms with E-state index in [0.717, 1.165) is 23.6 Å². The molecule has 2 aromatic rings. The van der Waals surface area contributed by atoms with Crippen LogP contribution in [-0.4, -0.2) is 78.0 Å². The lowest BCUT2D eigenvalue weighted by atomic mass is 9.71. The number of carbonyl (C=O) groups is 4. The van der Waals surface area contributed by atoms with Crippen LogP contribution in [0.4, 0.5) is 0 Å². The Morgan fingerprint density at radius 2 is 1.25 bits per heavy atom. The Morgan fingerprint density at radius 3 is 1.75 bits per heavy atom. The maximum Gasteiger partial charge on any atom is 0.335 e. The molecule has 44 heavy (non-hydrogen) atoms. The molecule has 1 fully saturated rings. The van der Waals surface area contributed by atoms with E-state index in [0.29, 0.717) is 16.8 Å². The third-order valence-electron chi connectivity index (χ3n) is 6.85. The molecular weight excluding hydrogens is 716 g/mol. The van der Waals surface area contributed by atoms with Gasteiger partial charge in [0, 0.05) is 52.2 Å². The van der Waals surface area contributed by atoms with Crippen LogP contribution >= 0.6 is 31.9 Å². The first-order valence-corrected chi connectivity index (χ1v) is 15.3. The highest BCUT2D eigenvalue weighted by Gasteiger charge is 2.51. The molecule has 0 aromatic heterocycles. The molecule has 0 unspecified atom stereocenters. The predicted molar refractivity (Wildman–Crippen MR) is 161 cm³/mol. The topological polar surface area (TPSA) is 195 Å². The molecule has 1 saturated heterocycles. The Kier molecular flexibility index (Phi) is 14.7. The van der Waals surface area contributed by atoms with Crippen LogP contribution in [0.5, 0.6) is 23.0 Å². The van der Waals surface area contributed by atoms with Gasteiger partial charge in [-0.05, 0) is 18.1 Å². The van der Waals surface area contributed by atoms with Gasteiger partial charge in [-0.1, -0.05) is 44.0 Å². The highest BCUT2D eigenvalue weighted by molar-refractivity contribution is 9.08. The number of ether oxygens (including phenoxy) is 5. The van der Waals surface area contributed by atoms with E-state index >= 15 is 0 Å². The number of methoxy groups -OCH3 is 3. The van der Waals surface area contributed by atoms with E-state index in [-0.39, 0.29) is 11.5 Å². The van der Waals surface area contributed by atoms with E-state index < -0.39 is 73.3 Å². The zero-order chi connectivity index (χ0) is 33.0. The molecule has 3 rings (SSSR count). The fourth-order valence-electron chi connectivity index (χ4n) is 4.85. The summed E-state index contributed by atoms with van der Waals surface area (Å²) in [7, 11) is 4.13. The maximum absolute atomic E-state index is 12.4. The molecule has 0 amide bonds. The van der Waals surface area contributed by atoms with Crippen molar-refractivity contribution in [2.24, 2.45) is 17.8 Å². The number of esters is 1. The molecule has 2 aromatic carbocycles. The van der Waals surface area contributed by atoms with Crippen molar-refractivity contribution in [2.45, 2.75) is 42.3 Å². The third kappa shape index (κ3) is 10.3. The van der Waals surface area contributed by atoms with Crippen molar-refractivity contribution < 1.29 is 63.3 Å². The van der Waals surface area contributed by atoms with Crippen LogP contribution in [0.25, 0.3) is 0 Å². The molecule has 15 heteroatoms.